The lowest BCUT2D eigenvalue weighted by Crippen LogP contribution is -2.22. The Labute approximate surface area is 127 Å². The zero-order valence-corrected chi connectivity index (χ0v) is 12.1. The van der Waals surface area contributed by atoms with Crippen LogP contribution in [0.2, 0.25) is 0 Å². The van der Waals surface area contributed by atoms with E-state index in [1.807, 2.05) is 19.1 Å². The summed E-state index contributed by atoms with van der Waals surface area (Å²) in [7, 11) is 0. The van der Waals surface area contributed by atoms with Crippen LogP contribution in [-0.2, 0) is 19.1 Å². The molecule has 1 N–H and O–H groups in total. The summed E-state index contributed by atoms with van der Waals surface area (Å²) in [5.41, 5.74) is 1.59. The molecule has 0 radical (unpaired) electrons. The van der Waals surface area contributed by atoms with E-state index in [0.29, 0.717) is 11.1 Å². The molecule has 2 aromatic rings. The van der Waals surface area contributed by atoms with Crippen LogP contribution in [-0.4, -0.2) is 5.91 Å². The van der Waals surface area contributed by atoms with Gasteiger partial charge in [0, 0.05) is 12.1 Å². The van der Waals surface area contributed by atoms with Crippen molar-refractivity contribution in [3.05, 3.63) is 70.8 Å². The molecule has 0 spiro atoms. The summed E-state index contributed by atoms with van der Waals surface area (Å²) in [5.74, 6) is -0.248. The molecule has 2 rings (SSSR count). The first-order valence-electron chi connectivity index (χ1n) is 6.93. The second-order valence-corrected chi connectivity index (χ2v) is 4.93. The lowest BCUT2D eigenvalue weighted by Gasteiger charge is -2.09. The van der Waals surface area contributed by atoms with Crippen LogP contribution in [0.3, 0.4) is 0 Å². The smallest absolute Gasteiger partial charge is 0.348 e. The predicted octanol–water partition coefficient (Wildman–Crippen LogP) is 4.20. The zero-order valence-electron chi connectivity index (χ0n) is 12.1. The standard InChI is InChI=1S/C17H16F3NO/c1-2-12-3-7-14(8-4-12)16(22)21-11-13-5-9-15(10-6-13)17(18,19)20/h3-10H,2,11H2,1H3,(H,21,22). The van der Waals surface area contributed by atoms with E-state index in [2.05, 4.69) is 5.32 Å². The topological polar surface area (TPSA) is 29.1 Å². The SMILES string of the molecule is CCc1ccc(C(=O)NCc2ccc(C(F)(F)F)cc2)cc1. The first-order valence-corrected chi connectivity index (χ1v) is 6.93. The third-order valence-electron chi connectivity index (χ3n) is 3.36. The van der Waals surface area contributed by atoms with Gasteiger partial charge in [0.15, 0.2) is 0 Å². The number of carbonyl (C=O) groups excluding carboxylic acids is 1. The van der Waals surface area contributed by atoms with E-state index in [1.165, 1.54) is 12.1 Å². The maximum absolute atomic E-state index is 12.4. The number of benzene rings is 2. The molecule has 0 saturated heterocycles. The highest BCUT2D eigenvalue weighted by atomic mass is 19.4. The van der Waals surface area contributed by atoms with Crippen molar-refractivity contribution in [1.82, 2.24) is 5.32 Å². The molecule has 116 valence electrons. The minimum atomic E-state index is -4.34. The monoisotopic (exact) mass is 307 g/mol. The van der Waals surface area contributed by atoms with Crippen molar-refractivity contribution < 1.29 is 18.0 Å². The molecular formula is C17H16F3NO. The zero-order chi connectivity index (χ0) is 16.2. The normalized spacial score (nSPS) is 11.3. The third kappa shape index (κ3) is 4.10. The van der Waals surface area contributed by atoms with Gasteiger partial charge in [-0.05, 0) is 41.8 Å². The summed E-state index contributed by atoms with van der Waals surface area (Å²) in [6.07, 6.45) is -3.45. The second kappa shape index (κ2) is 6.64. The highest BCUT2D eigenvalue weighted by molar-refractivity contribution is 5.94. The van der Waals surface area contributed by atoms with Gasteiger partial charge in [-0.1, -0.05) is 31.2 Å². The molecule has 0 atom stereocenters. The van der Waals surface area contributed by atoms with E-state index in [4.69, 9.17) is 0 Å². The molecule has 0 aliphatic heterocycles. The van der Waals surface area contributed by atoms with Gasteiger partial charge in [0.25, 0.3) is 5.91 Å². The Hall–Kier alpha value is -2.30. The molecule has 2 nitrogen and oxygen atoms in total. The van der Waals surface area contributed by atoms with Gasteiger partial charge in [0.1, 0.15) is 0 Å². The molecule has 0 aliphatic carbocycles. The molecule has 0 aliphatic rings. The van der Waals surface area contributed by atoms with Gasteiger partial charge in [0.2, 0.25) is 0 Å². The van der Waals surface area contributed by atoms with Crippen LogP contribution in [0.15, 0.2) is 48.5 Å². The molecule has 5 heteroatoms. The molecule has 0 unspecified atom stereocenters. The van der Waals surface area contributed by atoms with Crippen LogP contribution in [0.25, 0.3) is 0 Å². The Morgan fingerprint density at radius 1 is 0.955 bits per heavy atom. The van der Waals surface area contributed by atoms with Crippen LogP contribution in [0.1, 0.15) is 34.0 Å². The quantitative estimate of drug-likeness (QED) is 0.901. The van der Waals surface area contributed by atoms with Crippen molar-refractivity contribution in [2.24, 2.45) is 0 Å². The molecule has 0 aromatic heterocycles. The lowest BCUT2D eigenvalue weighted by atomic mass is 10.1. The van der Waals surface area contributed by atoms with Crippen molar-refractivity contribution in [3.8, 4) is 0 Å². The molecule has 0 heterocycles. The molecule has 0 bridgehead atoms. The van der Waals surface area contributed by atoms with Gasteiger partial charge in [-0.25, -0.2) is 0 Å². The minimum Gasteiger partial charge on any atom is -0.348 e. The van der Waals surface area contributed by atoms with Gasteiger partial charge in [0.05, 0.1) is 5.56 Å². The number of alkyl halides is 3. The highest BCUT2D eigenvalue weighted by Crippen LogP contribution is 2.29. The van der Waals surface area contributed by atoms with Gasteiger partial charge < -0.3 is 5.32 Å². The molecule has 2 aromatic carbocycles. The third-order valence-corrected chi connectivity index (χ3v) is 3.36. The average molecular weight is 307 g/mol. The Morgan fingerprint density at radius 3 is 2.00 bits per heavy atom. The molecule has 0 fully saturated rings. The predicted molar refractivity (Wildman–Crippen MR) is 78.4 cm³/mol. The first-order chi connectivity index (χ1) is 10.4. The summed E-state index contributed by atoms with van der Waals surface area (Å²) in [6, 6.07) is 12.0. The maximum Gasteiger partial charge on any atom is 0.416 e. The number of carbonyl (C=O) groups is 1. The molecule has 0 saturated carbocycles. The summed E-state index contributed by atoms with van der Waals surface area (Å²) in [6.45, 7) is 2.21. The summed E-state index contributed by atoms with van der Waals surface area (Å²) in [5, 5.41) is 2.69. The van der Waals surface area contributed by atoms with E-state index in [1.54, 1.807) is 12.1 Å². The number of aryl methyl sites for hydroxylation is 1. The van der Waals surface area contributed by atoms with Crippen LogP contribution in [0, 0.1) is 0 Å². The van der Waals surface area contributed by atoms with Crippen LogP contribution in [0.5, 0.6) is 0 Å². The largest absolute Gasteiger partial charge is 0.416 e. The lowest BCUT2D eigenvalue weighted by molar-refractivity contribution is -0.137. The molecular weight excluding hydrogens is 291 g/mol. The molecule has 1 amide bonds. The Morgan fingerprint density at radius 2 is 1.50 bits per heavy atom. The summed E-state index contributed by atoms with van der Waals surface area (Å²) >= 11 is 0. The van der Waals surface area contributed by atoms with Crippen LogP contribution in [0.4, 0.5) is 13.2 Å². The van der Waals surface area contributed by atoms with Crippen molar-refractivity contribution >= 4 is 5.91 Å². The first kappa shape index (κ1) is 16.1. The maximum atomic E-state index is 12.4. The fourth-order valence-corrected chi connectivity index (χ4v) is 1.99. The van der Waals surface area contributed by atoms with Crippen molar-refractivity contribution in [1.29, 1.82) is 0 Å². The number of rotatable bonds is 4. The Kier molecular flexibility index (Phi) is 4.85. The minimum absolute atomic E-state index is 0.187. The van der Waals surface area contributed by atoms with E-state index >= 15 is 0 Å². The fraction of sp³-hybridized carbons (Fsp3) is 0.235. The van der Waals surface area contributed by atoms with Gasteiger partial charge in [-0.3, -0.25) is 4.79 Å². The van der Waals surface area contributed by atoms with E-state index < -0.39 is 11.7 Å². The number of amides is 1. The van der Waals surface area contributed by atoms with Gasteiger partial charge in [-0.15, -0.1) is 0 Å². The van der Waals surface area contributed by atoms with Crippen molar-refractivity contribution in [3.63, 3.8) is 0 Å². The Balaban J connectivity index is 1.95. The van der Waals surface area contributed by atoms with Crippen LogP contribution >= 0.6 is 0 Å². The van der Waals surface area contributed by atoms with Crippen molar-refractivity contribution in [2.45, 2.75) is 26.1 Å². The van der Waals surface area contributed by atoms with E-state index in [-0.39, 0.29) is 12.5 Å². The van der Waals surface area contributed by atoms with Crippen LogP contribution < -0.4 is 5.32 Å². The van der Waals surface area contributed by atoms with Gasteiger partial charge in [-0.2, -0.15) is 13.2 Å². The average Bonchev–Trinajstić information content (AvgIpc) is 2.52. The van der Waals surface area contributed by atoms with Crippen molar-refractivity contribution in [2.75, 3.05) is 0 Å². The number of hydrogen-bond acceptors (Lipinski definition) is 1. The highest BCUT2D eigenvalue weighted by Gasteiger charge is 2.29. The summed E-state index contributed by atoms with van der Waals surface area (Å²) in [4.78, 5) is 12.0. The molecule has 22 heavy (non-hydrogen) atoms. The second-order valence-electron chi connectivity index (χ2n) is 4.93. The summed E-state index contributed by atoms with van der Waals surface area (Å²) < 4.78 is 37.3. The number of nitrogens with one attached hydrogen (secondary N) is 1. The van der Waals surface area contributed by atoms with Gasteiger partial charge >= 0.3 is 6.18 Å². The van der Waals surface area contributed by atoms with E-state index in [0.717, 1.165) is 24.1 Å². The Bertz CT molecular complexity index is 630. The number of hydrogen-bond donors (Lipinski definition) is 1. The fourth-order valence-electron chi connectivity index (χ4n) is 1.99. The van der Waals surface area contributed by atoms with E-state index in [9.17, 15) is 18.0 Å². The number of halogens is 3.